The monoisotopic (exact) mass is 437 g/mol. The number of hydrogen-bond donors (Lipinski definition) is 2. The summed E-state index contributed by atoms with van der Waals surface area (Å²) in [5.74, 6) is -1.86. The molecule has 1 atom stereocenters. The molecule has 0 fully saturated rings. The van der Waals surface area contributed by atoms with Crippen LogP contribution >= 0.6 is 0 Å². The third-order valence-corrected chi connectivity index (χ3v) is 4.92. The lowest BCUT2D eigenvalue weighted by Crippen LogP contribution is -2.27. The van der Waals surface area contributed by atoms with Crippen molar-refractivity contribution in [1.29, 1.82) is 0 Å². The maximum absolute atomic E-state index is 14.0. The fourth-order valence-corrected chi connectivity index (χ4v) is 3.52. The van der Waals surface area contributed by atoms with E-state index in [2.05, 4.69) is 30.2 Å². The van der Waals surface area contributed by atoms with Crippen molar-refractivity contribution in [3.63, 3.8) is 0 Å². The average Bonchev–Trinajstić information content (AvgIpc) is 3.23. The normalized spacial score (nSPS) is 12.4. The van der Waals surface area contributed by atoms with Gasteiger partial charge in [-0.05, 0) is 37.3 Å². The molecule has 0 aliphatic rings. The molecule has 3 heterocycles. The second-order valence-electron chi connectivity index (χ2n) is 7.09. The predicted molar refractivity (Wildman–Crippen MR) is 111 cm³/mol. The smallest absolute Gasteiger partial charge is 0.266 e. The highest BCUT2D eigenvalue weighted by Crippen LogP contribution is 2.24. The Morgan fingerprint density at radius 2 is 1.78 bits per heavy atom. The van der Waals surface area contributed by atoms with Gasteiger partial charge in [-0.2, -0.15) is 0 Å². The standard InChI is InChI=1S/C21H14F3N7O/c1-10(29-19-17-18(26-8-25-17)27-9-28-19)20-30-16-3-2-11(22)7-15(16)21(32)31(20)14-5-12(23)4-13(24)6-14/h2-10H,1H3,(H2,25,26,27,28,29)/t10-/m1/s1. The third-order valence-electron chi connectivity index (χ3n) is 4.92. The van der Waals surface area contributed by atoms with E-state index in [0.717, 1.165) is 22.8 Å². The summed E-state index contributed by atoms with van der Waals surface area (Å²) >= 11 is 0. The number of benzene rings is 2. The molecule has 5 aromatic rings. The first-order chi connectivity index (χ1) is 15.4. The highest BCUT2D eigenvalue weighted by Gasteiger charge is 2.21. The molecule has 0 saturated carbocycles. The van der Waals surface area contributed by atoms with Crippen molar-refractivity contribution in [2.24, 2.45) is 0 Å². The third kappa shape index (κ3) is 3.33. The summed E-state index contributed by atoms with van der Waals surface area (Å²) in [5.41, 5.74) is 0.452. The zero-order valence-corrected chi connectivity index (χ0v) is 16.5. The van der Waals surface area contributed by atoms with Crippen LogP contribution in [0.15, 0.2) is 53.8 Å². The van der Waals surface area contributed by atoms with Crippen LogP contribution in [-0.4, -0.2) is 29.5 Å². The van der Waals surface area contributed by atoms with E-state index in [1.54, 1.807) is 6.92 Å². The van der Waals surface area contributed by atoms with E-state index in [0.29, 0.717) is 23.0 Å². The lowest BCUT2D eigenvalue weighted by atomic mass is 10.2. The second kappa shape index (κ2) is 7.45. The molecule has 2 N–H and O–H groups in total. The van der Waals surface area contributed by atoms with Crippen molar-refractivity contribution >= 4 is 27.9 Å². The predicted octanol–water partition coefficient (Wildman–Crippen LogP) is 3.64. The van der Waals surface area contributed by atoms with Gasteiger partial charge in [0, 0.05) is 6.07 Å². The van der Waals surface area contributed by atoms with Crippen LogP contribution in [0.5, 0.6) is 0 Å². The molecule has 0 spiro atoms. The van der Waals surface area contributed by atoms with Gasteiger partial charge in [0.2, 0.25) is 0 Å². The first-order valence-electron chi connectivity index (χ1n) is 9.50. The van der Waals surface area contributed by atoms with E-state index >= 15 is 0 Å². The summed E-state index contributed by atoms with van der Waals surface area (Å²) in [6.07, 6.45) is 2.80. The van der Waals surface area contributed by atoms with Gasteiger partial charge in [-0.15, -0.1) is 0 Å². The van der Waals surface area contributed by atoms with E-state index < -0.39 is 29.1 Å². The lowest BCUT2D eigenvalue weighted by Gasteiger charge is -2.20. The quantitative estimate of drug-likeness (QED) is 0.445. The molecule has 0 amide bonds. The molecular weight excluding hydrogens is 423 g/mol. The first kappa shape index (κ1) is 19.7. The first-order valence-corrected chi connectivity index (χ1v) is 9.50. The van der Waals surface area contributed by atoms with Gasteiger partial charge in [0.1, 0.15) is 35.1 Å². The molecule has 0 unspecified atom stereocenters. The Bertz CT molecular complexity index is 1530. The number of fused-ring (bicyclic) bond motifs is 2. The lowest BCUT2D eigenvalue weighted by molar-refractivity contribution is 0.579. The summed E-state index contributed by atoms with van der Waals surface area (Å²) in [4.78, 5) is 33.1. The Balaban J connectivity index is 1.73. The minimum absolute atomic E-state index is 0.0256. The van der Waals surface area contributed by atoms with Gasteiger partial charge < -0.3 is 10.3 Å². The molecular formula is C21H14F3N7O. The Morgan fingerprint density at radius 1 is 1.00 bits per heavy atom. The molecule has 5 rings (SSSR count). The van der Waals surface area contributed by atoms with E-state index in [1.165, 1.54) is 24.8 Å². The zero-order chi connectivity index (χ0) is 22.4. The van der Waals surface area contributed by atoms with Crippen LogP contribution in [0.4, 0.5) is 19.0 Å². The van der Waals surface area contributed by atoms with Crippen LogP contribution < -0.4 is 10.9 Å². The summed E-state index contributed by atoms with van der Waals surface area (Å²) in [7, 11) is 0. The maximum atomic E-state index is 14.0. The van der Waals surface area contributed by atoms with E-state index in [-0.39, 0.29) is 22.4 Å². The molecule has 11 heteroatoms. The van der Waals surface area contributed by atoms with Crippen LogP contribution in [0.2, 0.25) is 0 Å². The van der Waals surface area contributed by atoms with Crippen molar-refractivity contribution in [3.8, 4) is 5.69 Å². The molecule has 0 saturated heterocycles. The van der Waals surface area contributed by atoms with E-state index in [4.69, 9.17) is 0 Å². The van der Waals surface area contributed by atoms with Gasteiger partial charge in [0.05, 0.1) is 29.0 Å². The van der Waals surface area contributed by atoms with Crippen LogP contribution in [0, 0.1) is 17.5 Å². The Hall–Kier alpha value is -4.28. The Labute approximate surface area is 177 Å². The number of halogens is 3. The van der Waals surface area contributed by atoms with Gasteiger partial charge in [-0.25, -0.2) is 33.1 Å². The number of nitrogens with one attached hydrogen (secondary N) is 2. The van der Waals surface area contributed by atoms with Gasteiger partial charge in [-0.3, -0.25) is 9.36 Å². The summed E-state index contributed by atoms with van der Waals surface area (Å²) in [5, 5.41) is 3.09. The number of aromatic nitrogens is 6. The SMILES string of the molecule is C[C@@H](Nc1ncnc2[nH]cnc12)c1nc2ccc(F)cc2c(=O)n1-c1cc(F)cc(F)c1. The minimum atomic E-state index is -0.869. The van der Waals surface area contributed by atoms with Gasteiger partial charge in [-0.1, -0.05) is 0 Å². The van der Waals surface area contributed by atoms with Crippen molar-refractivity contribution < 1.29 is 13.2 Å². The minimum Gasteiger partial charge on any atom is -0.358 e. The highest BCUT2D eigenvalue weighted by molar-refractivity contribution is 5.82. The van der Waals surface area contributed by atoms with Gasteiger partial charge in [0.15, 0.2) is 11.5 Å². The molecule has 0 aliphatic carbocycles. The fraction of sp³-hybridized carbons (Fsp3) is 0.0952. The Morgan fingerprint density at radius 3 is 2.56 bits per heavy atom. The number of aromatic amines is 1. The fourth-order valence-electron chi connectivity index (χ4n) is 3.52. The van der Waals surface area contributed by atoms with Crippen molar-refractivity contribution in [3.05, 3.63) is 82.7 Å². The summed E-state index contributed by atoms with van der Waals surface area (Å²) < 4.78 is 42.8. The molecule has 8 nitrogen and oxygen atoms in total. The van der Waals surface area contributed by atoms with Crippen LogP contribution in [0.25, 0.3) is 27.8 Å². The van der Waals surface area contributed by atoms with E-state index in [9.17, 15) is 18.0 Å². The number of hydrogen-bond acceptors (Lipinski definition) is 6. The van der Waals surface area contributed by atoms with Gasteiger partial charge in [0.25, 0.3) is 5.56 Å². The summed E-state index contributed by atoms with van der Waals surface area (Å²) in [6, 6.07) is 5.62. The second-order valence-corrected chi connectivity index (χ2v) is 7.09. The molecule has 160 valence electrons. The number of rotatable bonds is 4. The topological polar surface area (TPSA) is 101 Å². The number of H-pyrrole nitrogens is 1. The average molecular weight is 437 g/mol. The van der Waals surface area contributed by atoms with Crippen molar-refractivity contribution in [1.82, 2.24) is 29.5 Å². The number of nitrogens with zero attached hydrogens (tertiary/aromatic N) is 5. The molecule has 0 aliphatic heterocycles. The molecule has 0 bridgehead atoms. The maximum Gasteiger partial charge on any atom is 0.266 e. The zero-order valence-electron chi connectivity index (χ0n) is 16.5. The molecule has 3 aromatic heterocycles. The van der Waals surface area contributed by atoms with E-state index in [1.807, 2.05) is 0 Å². The summed E-state index contributed by atoms with van der Waals surface area (Å²) in [6.45, 7) is 1.70. The van der Waals surface area contributed by atoms with Crippen molar-refractivity contribution in [2.45, 2.75) is 13.0 Å². The molecule has 2 aromatic carbocycles. The highest BCUT2D eigenvalue weighted by atomic mass is 19.1. The van der Waals surface area contributed by atoms with Gasteiger partial charge >= 0.3 is 0 Å². The van der Waals surface area contributed by atoms with Crippen LogP contribution in [0.3, 0.4) is 0 Å². The number of anilines is 1. The molecule has 32 heavy (non-hydrogen) atoms. The largest absolute Gasteiger partial charge is 0.358 e. The Kier molecular flexibility index (Phi) is 4.58. The van der Waals surface area contributed by atoms with Crippen LogP contribution in [-0.2, 0) is 0 Å². The number of imidazole rings is 1. The van der Waals surface area contributed by atoms with Crippen molar-refractivity contribution in [2.75, 3.05) is 5.32 Å². The van der Waals surface area contributed by atoms with Crippen LogP contribution in [0.1, 0.15) is 18.8 Å². The molecule has 0 radical (unpaired) electrons.